The first kappa shape index (κ1) is 15.6. The Morgan fingerprint density at radius 3 is 2.76 bits per heavy atom. The zero-order valence-electron chi connectivity index (χ0n) is 12.8. The van der Waals surface area contributed by atoms with Crippen molar-refractivity contribution in [3.8, 4) is 5.75 Å². The van der Waals surface area contributed by atoms with Crippen LogP contribution in [0.2, 0.25) is 0 Å². The molecule has 1 aliphatic carbocycles. The minimum Gasteiger partial charge on any atom is -0.489 e. The van der Waals surface area contributed by atoms with Gasteiger partial charge in [-0.05, 0) is 33.1 Å². The van der Waals surface area contributed by atoms with Crippen LogP contribution in [0.5, 0.6) is 5.75 Å². The summed E-state index contributed by atoms with van der Waals surface area (Å²) in [6.07, 6.45) is 4.29. The van der Waals surface area contributed by atoms with Gasteiger partial charge in [-0.25, -0.2) is 0 Å². The average molecular weight is 293 g/mol. The third kappa shape index (κ3) is 3.64. The van der Waals surface area contributed by atoms with E-state index in [1.165, 1.54) is 0 Å². The summed E-state index contributed by atoms with van der Waals surface area (Å²) in [6.45, 7) is 3.72. The van der Waals surface area contributed by atoms with Crippen LogP contribution in [-0.4, -0.2) is 35.3 Å². The Labute approximate surface area is 125 Å². The molecule has 1 saturated carbocycles. The molecule has 1 aromatic rings. The third-order valence-corrected chi connectivity index (χ3v) is 3.86. The maximum atomic E-state index is 8.95. The number of nitrogens with two attached hydrogens (primary N) is 1. The zero-order chi connectivity index (χ0) is 15.4. The third-order valence-electron chi connectivity index (χ3n) is 3.86. The number of pyridine rings is 1. The molecule has 2 unspecified atom stereocenters. The Morgan fingerprint density at radius 1 is 1.38 bits per heavy atom. The van der Waals surface area contributed by atoms with E-state index >= 15 is 0 Å². The number of methoxy groups -OCH3 is 1. The molecular weight excluding hydrogens is 270 g/mol. The number of rotatable bonds is 4. The highest BCUT2D eigenvalue weighted by atomic mass is 16.5. The van der Waals surface area contributed by atoms with Gasteiger partial charge in [-0.3, -0.25) is 4.98 Å². The zero-order valence-corrected chi connectivity index (χ0v) is 12.8. The molecule has 116 valence electrons. The molecule has 6 heteroatoms. The van der Waals surface area contributed by atoms with Crippen LogP contribution in [0.15, 0.2) is 11.2 Å². The van der Waals surface area contributed by atoms with Gasteiger partial charge >= 0.3 is 0 Å². The number of aromatic nitrogens is 1. The quantitative estimate of drug-likeness (QED) is 0.384. The van der Waals surface area contributed by atoms with Crippen molar-refractivity contribution in [3.05, 3.63) is 23.0 Å². The topological polar surface area (TPSA) is 90.0 Å². The summed E-state index contributed by atoms with van der Waals surface area (Å²) in [7, 11) is 1.73. The predicted octanol–water partition coefficient (Wildman–Crippen LogP) is 2.13. The first-order chi connectivity index (χ1) is 10.0. The highest BCUT2D eigenvalue weighted by Gasteiger charge is 2.25. The van der Waals surface area contributed by atoms with E-state index in [-0.39, 0.29) is 18.0 Å². The standard InChI is InChI=1S/C15H23N3O3/c1-9-7-13(14(10(2)17-9)15(16)18-19)21-12-6-4-5-11(8-12)20-3/h7,11-12,19H,4-6,8H2,1-3H3,(H2,16,18). The van der Waals surface area contributed by atoms with Crippen molar-refractivity contribution >= 4 is 5.84 Å². The summed E-state index contributed by atoms with van der Waals surface area (Å²) in [4.78, 5) is 4.35. The molecule has 0 spiro atoms. The fourth-order valence-electron chi connectivity index (χ4n) is 2.85. The molecule has 1 fully saturated rings. The smallest absolute Gasteiger partial charge is 0.175 e. The second kappa shape index (κ2) is 6.76. The maximum absolute atomic E-state index is 8.95. The van der Waals surface area contributed by atoms with E-state index in [9.17, 15) is 0 Å². The van der Waals surface area contributed by atoms with Gasteiger partial charge in [0.1, 0.15) is 11.9 Å². The minimum atomic E-state index is 0.0223. The minimum absolute atomic E-state index is 0.0223. The van der Waals surface area contributed by atoms with Gasteiger partial charge in [0.05, 0.1) is 17.4 Å². The number of aryl methyl sites for hydroxylation is 2. The summed E-state index contributed by atoms with van der Waals surface area (Å²) >= 11 is 0. The van der Waals surface area contributed by atoms with Crippen molar-refractivity contribution in [1.29, 1.82) is 0 Å². The van der Waals surface area contributed by atoms with Crippen LogP contribution < -0.4 is 10.5 Å². The Bertz CT molecular complexity index is 531. The number of hydrogen-bond donors (Lipinski definition) is 2. The van der Waals surface area contributed by atoms with Gasteiger partial charge in [0, 0.05) is 25.3 Å². The fourth-order valence-corrected chi connectivity index (χ4v) is 2.85. The van der Waals surface area contributed by atoms with Crippen molar-refractivity contribution in [1.82, 2.24) is 4.98 Å². The summed E-state index contributed by atoms with van der Waals surface area (Å²) in [5.41, 5.74) is 7.86. The average Bonchev–Trinajstić information content (AvgIpc) is 2.46. The van der Waals surface area contributed by atoms with Crippen LogP contribution in [0, 0.1) is 13.8 Å². The van der Waals surface area contributed by atoms with E-state index < -0.39 is 0 Å². The number of amidine groups is 1. The lowest BCUT2D eigenvalue weighted by molar-refractivity contribution is 0.0208. The molecule has 0 amide bonds. The number of oxime groups is 1. The Balaban J connectivity index is 2.26. The molecule has 0 radical (unpaired) electrons. The first-order valence-electron chi connectivity index (χ1n) is 7.20. The lowest BCUT2D eigenvalue weighted by Gasteiger charge is -2.29. The molecule has 0 bridgehead atoms. The van der Waals surface area contributed by atoms with Crippen molar-refractivity contribution in [2.75, 3.05) is 7.11 Å². The molecule has 1 aliphatic rings. The Morgan fingerprint density at radius 2 is 2.10 bits per heavy atom. The van der Waals surface area contributed by atoms with Crippen molar-refractivity contribution in [2.24, 2.45) is 10.9 Å². The van der Waals surface area contributed by atoms with Gasteiger partial charge in [0.15, 0.2) is 5.84 Å². The largest absolute Gasteiger partial charge is 0.489 e. The fraction of sp³-hybridized carbons (Fsp3) is 0.600. The van der Waals surface area contributed by atoms with Crippen LogP contribution in [0.1, 0.15) is 42.6 Å². The second-order valence-corrected chi connectivity index (χ2v) is 5.47. The Kier molecular flexibility index (Phi) is 5.01. The van der Waals surface area contributed by atoms with E-state index in [2.05, 4.69) is 10.1 Å². The molecular formula is C15H23N3O3. The van der Waals surface area contributed by atoms with Gasteiger partial charge in [-0.15, -0.1) is 0 Å². The molecule has 2 atom stereocenters. The molecule has 0 aliphatic heterocycles. The highest BCUT2D eigenvalue weighted by molar-refractivity contribution is 6.00. The van der Waals surface area contributed by atoms with Crippen LogP contribution in [0.25, 0.3) is 0 Å². The molecule has 21 heavy (non-hydrogen) atoms. The van der Waals surface area contributed by atoms with E-state index in [1.807, 2.05) is 19.9 Å². The molecule has 0 aromatic carbocycles. The SMILES string of the molecule is COC1CCCC(Oc2cc(C)nc(C)c2/C(N)=N/O)C1. The van der Waals surface area contributed by atoms with Gasteiger partial charge in [-0.1, -0.05) is 5.16 Å². The van der Waals surface area contributed by atoms with Gasteiger partial charge in [0.25, 0.3) is 0 Å². The lowest BCUT2D eigenvalue weighted by Crippen LogP contribution is -2.30. The van der Waals surface area contributed by atoms with Crippen LogP contribution in [0.4, 0.5) is 0 Å². The highest BCUT2D eigenvalue weighted by Crippen LogP contribution is 2.29. The second-order valence-electron chi connectivity index (χ2n) is 5.47. The normalized spacial score (nSPS) is 23.1. The van der Waals surface area contributed by atoms with E-state index in [0.717, 1.165) is 31.4 Å². The van der Waals surface area contributed by atoms with Crippen LogP contribution in [-0.2, 0) is 4.74 Å². The summed E-state index contributed by atoms with van der Waals surface area (Å²) < 4.78 is 11.5. The lowest BCUT2D eigenvalue weighted by atomic mass is 9.95. The maximum Gasteiger partial charge on any atom is 0.175 e. The molecule has 2 rings (SSSR count). The Hall–Kier alpha value is -1.82. The number of hydrogen-bond acceptors (Lipinski definition) is 5. The monoisotopic (exact) mass is 293 g/mol. The number of nitrogens with zero attached hydrogens (tertiary/aromatic N) is 2. The van der Waals surface area contributed by atoms with E-state index in [1.54, 1.807) is 7.11 Å². The van der Waals surface area contributed by atoms with Crippen molar-refractivity contribution in [2.45, 2.75) is 51.7 Å². The van der Waals surface area contributed by atoms with Crippen molar-refractivity contribution in [3.63, 3.8) is 0 Å². The molecule has 6 nitrogen and oxygen atoms in total. The van der Waals surface area contributed by atoms with Gasteiger partial charge in [-0.2, -0.15) is 0 Å². The molecule has 3 N–H and O–H groups in total. The summed E-state index contributed by atoms with van der Waals surface area (Å²) in [5.74, 6) is 0.645. The molecule has 1 aromatic heterocycles. The summed E-state index contributed by atoms with van der Waals surface area (Å²) in [6, 6.07) is 1.83. The van der Waals surface area contributed by atoms with Crippen LogP contribution >= 0.6 is 0 Å². The van der Waals surface area contributed by atoms with E-state index in [0.29, 0.717) is 17.0 Å². The van der Waals surface area contributed by atoms with Gasteiger partial charge in [0.2, 0.25) is 0 Å². The summed E-state index contributed by atoms with van der Waals surface area (Å²) in [5, 5.41) is 12.0. The van der Waals surface area contributed by atoms with Crippen molar-refractivity contribution < 1.29 is 14.7 Å². The molecule has 1 heterocycles. The molecule has 0 saturated heterocycles. The van der Waals surface area contributed by atoms with E-state index in [4.69, 9.17) is 20.4 Å². The number of ether oxygens (including phenoxy) is 2. The van der Waals surface area contributed by atoms with Crippen LogP contribution in [0.3, 0.4) is 0 Å². The first-order valence-corrected chi connectivity index (χ1v) is 7.20. The predicted molar refractivity (Wildman–Crippen MR) is 79.9 cm³/mol. The van der Waals surface area contributed by atoms with Gasteiger partial charge < -0.3 is 20.4 Å².